The lowest BCUT2D eigenvalue weighted by Gasteiger charge is -2.28. The highest BCUT2D eigenvalue weighted by atomic mass is 31.2. The van der Waals surface area contributed by atoms with Crippen molar-refractivity contribution in [1.29, 1.82) is 0 Å². The minimum atomic E-state index is -4.47. The lowest BCUT2D eigenvalue weighted by Crippen LogP contribution is -2.43. The van der Waals surface area contributed by atoms with E-state index in [1.54, 1.807) is 17.1 Å². The van der Waals surface area contributed by atoms with E-state index in [0.29, 0.717) is 11.8 Å². The number of H-pyrrole nitrogens is 1. The van der Waals surface area contributed by atoms with Crippen LogP contribution in [0.4, 0.5) is 4.39 Å². The number of ether oxygens (including phenoxy) is 2. The Morgan fingerprint density at radius 3 is 2.88 bits per heavy atom. The van der Waals surface area contributed by atoms with Crippen LogP contribution in [-0.2, 0) is 31.6 Å². The Morgan fingerprint density at radius 1 is 1.42 bits per heavy atom. The van der Waals surface area contributed by atoms with Crippen LogP contribution in [0.2, 0.25) is 0 Å². The number of para-hydroxylation sites is 1. The predicted octanol–water partition coefficient (Wildman–Crippen LogP) is -0.312. The van der Waals surface area contributed by atoms with Crippen LogP contribution in [0.3, 0.4) is 0 Å². The minimum absolute atomic E-state index is 0.0339. The molecule has 15 heteroatoms. The average molecular weight is 491 g/mol. The molecule has 0 aliphatic carbocycles. The number of nitrogens with zero attached hydrogens (tertiary/aromatic N) is 1. The Kier molecular flexibility index (Phi) is 5.82. The fourth-order valence-electron chi connectivity index (χ4n) is 3.22. The number of aromatic nitrogens is 2. The van der Waals surface area contributed by atoms with Gasteiger partial charge in [0.2, 0.25) is 0 Å². The molecule has 4 N–H and O–H groups in total. The summed E-state index contributed by atoms with van der Waals surface area (Å²) < 4.78 is 62.3. The number of phosphoric acid groups is 1. The number of hydrogen-bond donors (Lipinski definition) is 4. The van der Waals surface area contributed by atoms with Crippen LogP contribution in [0.1, 0.15) is 18.7 Å². The van der Waals surface area contributed by atoms with E-state index < -0.39 is 62.1 Å². The Labute approximate surface area is 185 Å². The van der Waals surface area contributed by atoms with Gasteiger partial charge in [-0.05, 0) is 6.07 Å². The van der Waals surface area contributed by atoms with Gasteiger partial charge in [0, 0.05) is 11.8 Å². The van der Waals surface area contributed by atoms with Gasteiger partial charge < -0.3 is 29.3 Å². The molecule has 2 aromatic rings. The summed E-state index contributed by atoms with van der Waals surface area (Å²) in [6.07, 6.45) is -7.18. The van der Waals surface area contributed by atoms with Gasteiger partial charge in [-0.3, -0.25) is 23.4 Å². The van der Waals surface area contributed by atoms with Crippen LogP contribution in [0, 0.1) is 0 Å². The molecule has 13 nitrogen and oxygen atoms in total. The number of benzene rings is 1. The van der Waals surface area contributed by atoms with Gasteiger partial charge in [0.15, 0.2) is 17.7 Å². The molecule has 180 valence electrons. The van der Waals surface area contributed by atoms with Crippen molar-refractivity contribution in [2.75, 3.05) is 13.7 Å². The van der Waals surface area contributed by atoms with Crippen molar-refractivity contribution in [3.63, 3.8) is 0 Å². The van der Waals surface area contributed by atoms with Crippen molar-refractivity contribution in [2.24, 2.45) is 0 Å². The van der Waals surface area contributed by atoms with Gasteiger partial charge >= 0.3 is 13.5 Å². The number of aliphatic hydroxyl groups excluding tert-OH is 3. The Balaban J connectivity index is 1.59. The summed E-state index contributed by atoms with van der Waals surface area (Å²) >= 11 is 0. The van der Waals surface area contributed by atoms with Crippen molar-refractivity contribution < 1.29 is 48.7 Å². The molecule has 1 saturated heterocycles. The molecule has 0 spiro atoms. The van der Waals surface area contributed by atoms with Crippen molar-refractivity contribution >= 4 is 7.82 Å². The van der Waals surface area contributed by atoms with Gasteiger partial charge in [-0.15, -0.1) is 0 Å². The molecule has 33 heavy (non-hydrogen) atoms. The summed E-state index contributed by atoms with van der Waals surface area (Å²) in [6.45, 7) is -2.44. The van der Waals surface area contributed by atoms with Crippen LogP contribution in [0.5, 0.6) is 11.5 Å². The third kappa shape index (κ3) is 4.22. The number of alkyl halides is 1. The molecule has 1 aromatic carbocycles. The molecule has 0 amide bonds. The summed E-state index contributed by atoms with van der Waals surface area (Å²) in [5, 5.41) is 29.8. The van der Waals surface area contributed by atoms with Gasteiger partial charge in [0.1, 0.15) is 18.8 Å². The van der Waals surface area contributed by atoms with E-state index in [9.17, 15) is 29.5 Å². The first-order valence-corrected chi connectivity index (χ1v) is 10.9. The maximum atomic E-state index is 15.5. The lowest BCUT2D eigenvalue weighted by atomic mass is 10.1. The Hall–Kier alpha value is -2.58. The Morgan fingerprint density at radius 2 is 2.18 bits per heavy atom. The van der Waals surface area contributed by atoms with E-state index in [1.165, 1.54) is 13.2 Å². The average Bonchev–Trinajstić information content (AvgIpc) is 2.98. The highest BCUT2D eigenvalue weighted by molar-refractivity contribution is 7.49. The van der Waals surface area contributed by atoms with Crippen molar-refractivity contribution in [2.45, 2.75) is 37.5 Å². The fourth-order valence-corrected chi connectivity index (χ4v) is 4.46. The number of phosphoric ester groups is 1. The molecule has 2 aliphatic heterocycles. The van der Waals surface area contributed by atoms with Crippen LogP contribution in [-0.4, -0.2) is 56.7 Å². The smallest absolute Gasteiger partial charge is 0.493 e. The van der Waals surface area contributed by atoms with Crippen LogP contribution >= 0.6 is 7.82 Å². The van der Waals surface area contributed by atoms with E-state index in [4.69, 9.17) is 24.4 Å². The summed E-state index contributed by atoms with van der Waals surface area (Å²) in [7, 11) is -3.13. The van der Waals surface area contributed by atoms with Crippen molar-refractivity contribution in [3.8, 4) is 11.5 Å². The Bertz CT molecular complexity index is 1260. The van der Waals surface area contributed by atoms with E-state index in [2.05, 4.69) is 0 Å². The zero-order chi connectivity index (χ0) is 24.9. The highest BCUT2D eigenvalue weighted by Crippen LogP contribution is 2.57. The first-order chi connectivity index (χ1) is 16.0. The molecule has 1 aromatic heterocycles. The number of fused-ring (bicyclic) bond motifs is 1. The van der Waals surface area contributed by atoms with E-state index in [1.807, 2.05) is 0 Å². The first-order valence-electron chi connectivity index (χ1n) is 9.92. The molecule has 0 saturated carbocycles. The predicted molar refractivity (Wildman–Crippen MR) is 105 cm³/mol. The zero-order valence-electron chi connectivity index (χ0n) is 18.0. The lowest BCUT2D eigenvalue weighted by molar-refractivity contribution is -0.205. The molecule has 1 unspecified atom stereocenters. The summed E-state index contributed by atoms with van der Waals surface area (Å²) in [5.74, 6) is -3.14. The van der Waals surface area contributed by atoms with E-state index in [0.717, 1.165) is 0 Å². The largest absolute Gasteiger partial charge is 0.530 e. The van der Waals surface area contributed by atoms with Crippen LogP contribution in [0.15, 0.2) is 34.0 Å². The SMILES string of the molecule is [2H][C@@]1(n2cc(CO)c(=O)[nH]c2=O)O[C@](F)(COP2(=O)OCc3cccc(OC)c3O2)[C@@H](O)[C@H]1O. The third-order valence-corrected chi connectivity index (χ3v) is 6.27. The number of methoxy groups -OCH3 is 1. The standard InChI is InChI=1S/C18H20FN2O11P/c1-28-11-4-2-3-9-7-29-33(27,32-13(9)11)30-8-18(19)14(24)12(23)16(31-18)21-5-10(6-22)15(25)20-17(21)26/h2-5,12,14,16,22-24H,6-8H2,1H3,(H,20,25,26)/t12-,14+,16-,18-,33?/m1/s1/i16D. The van der Waals surface area contributed by atoms with Gasteiger partial charge in [0.05, 0.1) is 27.3 Å². The topological polar surface area (TPSA) is 179 Å². The quantitative estimate of drug-likeness (QED) is 0.390. The van der Waals surface area contributed by atoms with Gasteiger partial charge in [0.25, 0.3) is 11.4 Å². The second-order valence-electron chi connectivity index (χ2n) is 7.09. The first kappa shape index (κ1) is 22.2. The normalized spacial score (nSPS) is 33.8. The molecule has 1 fully saturated rings. The highest BCUT2D eigenvalue weighted by Gasteiger charge is 2.57. The number of aromatic amines is 1. The second kappa shape index (κ2) is 8.65. The maximum Gasteiger partial charge on any atom is 0.530 e. The zero-order valence-corrected chi connectivity index (χ0v) is 17.9. The number of hydrogen-bond acceptors (Lipinski definition) is 11. The van der Waals surface area contributed by atoms with Gasteiger partial charge in [-0.25, -0.2) is 13.8 Å². The second-order valence-corrected chi connectivity index (χ2v) is 8.69. The summed E-state index contributed by atoms with van der Waals surface area (Å²) in [4.78, 5) is 25.6. The summed E-state index contributed by atoms with van der Waals surface area (Å²) in [5.41, 5.74) is -2.19. The van der Waals surface area contributed by atoms with Gasteiger partial charge in [-0.2, -0.15) is 0 Å². The molecule has 3 heterocycles. The fraction of sp³-hybridized carbons (Fsp3) is 0.444. The molecule has 5 atom stereocenters. The van der Waals surface area contributed by atoms with Crippen LogP contribution in [0.25, 0.3) is 0 Å². The molecule has 0 bridgehead atoms. The number of rotatable bonds is 6. The van der Waals surface area contributed by atoms with Crippen LogP contribution < -0.4 is 20.5 Å². The molecule has 4 rings (SSSR count). The molecular formula is C18H20FN2O11P. The monoisotopic (exact) mass is 491 g/mol. The molecule has 2 aliphatic rings. The maximum absolute atomic E-state index is 15.5. The third-order valence-electron chi connectivity index (χ3n) is 4.97. The number of aliphatic hydroxyl groups is 3. The number of halogens is 1. The number of nitrogens with one attached hydrogen (secondary N) is 1. The molecule has 0 radical (unpaired) electrons. The van der Waals surface area contributed by atoms with Crippen molar-refractivity contribution in [1.82, 2.24) is 9.55 Å². The van der Waals surface area contributed by atoms with Gasteiger partial charge in [-0.1, -0.05) is 12.1 Å². The summed E-state index contributed by atoms with van der Waals surface area (Å²) in [6, 6.07) is 4.76. The van der Waals surface area contributed by atoms with E-state index in [-0.39, 0.29) is 22.7 Å². The molecular weight excluding hydrogens is 470 g/mol. The minimum Gasteiger partial charge on any atom is -0.493 e. The van der Waals surface area contributed by atoms with Crippen molar-refractivity contribution in [3.05, 3.63) is 56.4 Å². The van der Waals surface area contributed by atoms with E-state index >= 15 is 4.39 Å².